The van der Waals surface area contributed by atoms with Gasteiger partial charge in [0.2, 0.25) is 5.24 Å². The number of methoxy groups -OCH3 is 1. The summed E-state index contributed by atoms with van der Waals surface area (Å²) in [4.78, 5) is 10.2. The molecule has 0 unspecified atom stereocenters. The fourth-order valence-electron chi connectivity index (χ4n) is 0.734. The molecule has 0 heterocycles. The molecule has 6 heteroatoms. The van der Waals surface area contributed by atoms with Gasteiger partial charge >= 0.3 is 0 Å². The van der Waals surface area contributed by atoms with Gasteiger partial charge in [0.1, 0.15) is 6.61 Å². The van der Waals surface area contributed by atoms with E-state index in [-0.39, 0.29) is 6.61 Å². The van der Waals surface area contributed by atoms with Crippen molar-refractivity contribution in [3.8, 4) is 0 Å². The summed E-state index contributed by atoms with van der Waals surface area (Å²) in [5, 5.41) is -0.502. The standard InChI is InChI=1S/C9H17ClO5/c1-12-2-3-13-4-5-14-6-7-15-8-9(10)11/h2-8H2,1H3. The first-order valence-electron chi connectivity index (χ1n) is 4.68. The van der Waals surface area contributed by atoms with Gasteiger partial charge in [-0.1, -0.05) is 0 Å². The fraction of sp³-hybridized carbons (Fsp3) is 0.889. The summed E-state index contributed by atoms with van der Waals surface area (Å²) in [6.45, 7) is 2.89. The predicted molar refractivity (Wildman–Crippen MR) is 55.2 cm³/mol. The maximum Gasteiger partial charge on any atom is 0.247 e. The van der Waals surface area contributed by atoms with Gasteiger partial charge in [0, 0.05) is 7.11 Å². The van der Waals surface area contributed by atoms with Crippen LogP contribution in [0, 0.1) is 0 Å². The number of rotatable bonds is 11. The Kier molecular flexibility index (Phi) is 11.7. The number of carbonyl (C=O) groups excluding carboxylic acids is 1. The zero-order chi connectivity index (χ0) is 11.4. The van der Waals surface area contributed by atoms with Gasteiger partial charge in [-0.3, -0.25) is 4.79 Å². The minimum Gasteiger partial charge on any atom is -0.382 e. The highest BCUT2D eigenvalue weighted by atomic mass is 35.5. The molecule has 0 N–H and O–H groups in total. The smallest absolute Gasteiger partial charge is 0.247 e. The maximum atomic E-state index is 10.2. The molecule has 0 aromatic rings. The van der Waals surface area contributed by atoms with Gasteiger partial charge in [0.05, 0.1) is 39.6 Å². The second-order valence-corrected chi connectivity index (χ2v) is 3.05. The summed E-state index contributed by atoms with van der Waals surface area (Å²) in [6.07, 6.45) is 0. The van der Waals surface area contributed by atoms with Crippen molar-refractivity contribution in [2.24, 2.45) is 0 Å². The van der Waals surface area contributed by atoms with E-state index >= 15 is 0 Å². The number of hydrogen-bond acceptors (Lipinski definition) is 5. The van der Waals surface area contributed by atoms with Crippen LogP contribution < -0.4 is 0 Å². The molecule has 0 saturated heterocycles. The molecular weight excluding hydrogens is 224 g/mol. The third-order valence-electron chi connectivity index (χ3n) is 1.39. The van der Waals surface area contributed by atoms with E-state index in [1.165, 1.54) is 0 Å². The molecule has 0 aromatic heterocycles. The lowest BCUT2D eigenvalue weighted by molar-refractivity contribution is -0.116. The van der Waals surface area contributed by atoms with Gasteiger partial charge in [0.15, 0.2) is 0 Å². The molecule has 0 rings (SSSR count). The Hall–Kier alpha value is -0.200. The summed E-state index contributed by atoms with van der Waals surface area (Å²) < 4.78 is 20.0. The lowest BCUT2D eigenvalue weighted by atomic mass is 10.7. The summed E-state index contributed by atoms with van der Waals surface area (Å²) >= 11 is 5.05. The zero-order valence-electron chi connectivity index (χ0n) is 8.87. The van der Waals surface area contributed by atoms with Gasteiger partial charge in [-0.15, -0.1) is 0 Å². The molecule has 0 radical (unpaired) electrons. The highest BCUT2D eigenvalue weighted by Crippen LogP contribution is 1.84. The quantitative estimate of drug-likeness (QED) is 0.388. The van der Waals surface area contributed by atoms with Crippen LogP contribution in [0.3, 0.4) is 0 Å². The number of hydrogen-bond donors (Lipinski definition) is 0. The van der Waals surface area contributed by atoms with Crippen LogP contribution in [0.25, 0.3) is 0 Å². The molecule has 0 spiro atoms. The van der Waals surface area contributed by atoms with Crippen molar-refractivity contribution in [3.05, 3.63) is 0 Å². The van der Waals surface area contributed by atoms with Crippen LogP contribution in [0.4, 0.5) is 0 Å². The Labute approximate surface area is 94.6 Å². The van der Waals surface area contributed by atoms with E-state index in [9.17, 15) is 4.79 Å². The molecule has 5 nitrogen and oxygen atoms in total. The maximum absolute atomic E-state index is 10.2. The Balaban J connectivity index is 2.89. The molecule has 0 fully saturated rings. The van der Waals surface area contributed by atoms with E-state index in [1.54, 1.807) is 7.11 Å². The molecule has 0 aliphatic heterocycles. The van der Waals surface area contributed by atoms with E-state index in [0.29, 0.717) is 39.6 Å². The van der Waals surface area contributed by atoms with Crippen LogP contribution in [0.5, 0.6) is 0 Å². The molecular formula is C9H17ClO5. The summed E-state index contributed by atoms with van der Waals surface area (Å²) in [5.74, 6) is 0. The summed E-state index contributed by atoms with van der Waals surface area (Å²) in [6, 6.07) is 0. The summed E-state index contributed by atoms with van der Waals surface area (Å²) in [7, 11) is 1.62. The normalized spacial score (nSPS) is 10.5. The minimum atomic E-state index is -0.502. The van der Waals surface area contributed by atoms with E-state index in [2.05, 4.69) is 0 Å². The molecule has 0 aliphatic rings. The van der Waals surface area contributed by atoms with Gasteiger partial charge < -0.3 is 18.9 Å². The van der Waals surface area contributed by atoms with E-state index in [0.717, 1.165) is 0 Å². The Morgan fingerprint density at radius 3 is 1.87 bits per heavy atom. The van der Waals surface area contributed by atoms with Crippen molar-refractivity contribution >= 4 is 16.8 Å². The van der Waals surface area contributed by atoms with Gasteiger partial charge in [0.25, 0.3) is 0 Å². The first kappa shape index (κ1) is 14.8. The van der Waals surface area contributed by atoms with Crippen LogP contribution in [0.1, 0.15) is 0 Å². The highest BCUT2D eigenvalue weighted by Gasteiger charge is 1.95. The first-order valence-corrected chi connectivity index (χ1v) is 5.05. The van der Waals surface area contributed by atoms with Crippen LogP contribution in [0.15, 0.2) is 0 Å². The van der Waals surface area contributed by atoms with E-state index in [4.69, 9.17) is 30.5 Å². The second kappa shape index (κ2) is 11.9. The topological polar surface area (TPSA) is 54.0 Å². The molecule has 0 saturated carbocycles. The van der Waals surface area contributed by atoms with Crippen molar-refractivity contribution in [1.82, 2.24) is 0 Å². The fourth-order valence-corrected chi connectivity index (χ4v) is 0.812. The van der Waals surface area contributed by atoms with Crippen molar-refractivity contribution in [2.75, 3.05) is 53.4 Å². The van der Waals surface area contributed by atoms with Gasteiger partial charge in [-0.25, -0.2) is 0 Å². The van der Waals surface area contributed by atoms with E-state index < -0.39 is 5.24 Å². The molecule has 0 amide bonds. The minimum absolute atomic E-state index is 0.0742. The average molecular weight is 241 g/mol. The molecule has 0 atom stereocenters. The van der Waals surface area contributed by atoms with Crippen molar-refractivity contribution in [2.45, 2.75) is 0 Å². The Morgan fingerprint density at radius 1 is 0.933 bits per heavy atom. The van der Waals surface area contributed by atoms with Crippen LogP contribution >= 0.6 is 11.6 Å². The first-order chi connectivity index (χ1) is 7.27. The van der Waals surface area contributed by atoms with Crippen molar-refractivity contribution < 1.29 is 23.7 Å². The third-order valence-corrected chi connectivity index (χ3v) is 1.50. The average Bonchev–Trinajstić information content (AvgIpc) is 2.20. The molecule has 0 bridgehead atoms. The van der Waals surface area contributed by atoms with Gasteiger partial charge in [-0.05, 0) is 11.6 Å². The zero-order valence-corrected chi connectivity index (χ0v) is 9.62. The van der Waals surface area contributed by atoms with Crippen molar-refractivity contribution in [1.29, 1.82) is 0 Å². The van der Waals surface area contributed by atoms with Crippen LogP contribution in [-0.4, -0.2) is 58.6 Å². The largest absolute Gasteiger partial charge is 0.382 e. The van der Waals surface area contributed by atoms with Crippen LogP contribution in [-0.2, 0) is 23.7 Å². The molecule has 90 valence electrons. The number of halogens is 1. The molecule has 0 aromatic carbocycles. The van der Waals surface area contributed by atoms with Crippen molar-refractivity contribution in [3.63, 3.8) is 0 Å². The van der Waals surface area contributed by atoms with Crippen LogP contribution in [0.2, 0.25) is 0 Å². The SMILES string of the molecule is COCCOCCOCCOCC(=O)Cl. The highest BCUT2D eigenvalue weighted by molar-refractivity contribution is 6.63. The summed E-state index contributed by atoms with van der Waals surface area (Å²) in [5.41, 5.74) is 0. The third kappa shape index (κ3) is 13.8. The monoisotopic (exact) mass is 240 g/mol. The molecule has 15 heavy (non-hydrogen) atoms. The number of ether oxygens (including phenoxy) is 4. The van der Waals surface area contributed by atoms with E-state index in [1.807, 2.05) is 0 Å². The van der Waals surface area contributed by atoms with Gasteiger partial charge in [-0.2, -0.15) is 0 Å². The Bertz CT molecular complexity index is 153. The lowest BCUT2D eigenvalue weighted by Crippen LogP contribution is -2.12. The number of carbonyl (C=O) groups is 1. The predicted octanol–water partition coefficient (Wildman–Crippen LogP) is 0.448. The molecule has 0 aliphatic carbocycles. The second-order valence-electron chi connectivity index (χ2n) is 2.63. The lowest BCUT2D eigenvalue weighted by Gasteiger charge is -2.05. The Morgan fingerprint density at radius 2 is 1.40 bits per heavy atom.